The number of nitrogens with two attached hydrogens (primary N) is 1. The zero-order chi connectivity index (χ0) is 14.9. The fraction of sp³-hybridized carbons (Fsp3) is 0.438. The molecule has 1 aliphatic heterocycles. The summed E-state index contributed by atoms with van der Waals surface area (Å²) in [6.45, 7) is 2.47. The highest BCUT2D eigenvalue weighted by Crippen LogP contribution is 2.21. The van der Waals surface area contributed by atoms with Crippen LogP contribution in [0.5, 0.6) is 0 Å². The molecule has 1 amide bonds. The van der Waals surface area contributed by atoms with Gasteiger partial charge in [-0.2, -0.15) is 0 Å². The molecule has 5 heteroatoms. The Balaban J connectivity index is 1.82. The molecular formula is C16H20N2O3. The van der Waals surface area contributed by atoms with Crippen molar-refractivity contribution < 1.29 is 14.3 Å². The van der Waals surface area contributed by atoms with Gasteiger partial charge in [0.05, 0.1) is 13.2 Å². The summed E-state index contributed by atoms with van der Waals surface area (Å²) in [5.74, 6) is 6.17. The molecule has 0 unspecified atom stereocenters. The summed E-state index contributed by atoms with van der Waals surface area (Å²) in [6.07, 6.45) is 0.975. The molecule has 1 aliphatic rings. The molecule has 0 aliphatic carbocycles. The molecule has 0 aromatic heterocycles. The highest BCUT2D eigenvalue weighted by Gasteiger charge is 2.23. The molecule has 0 radical (unpaired) electrons. The lowest BCUT2D eigenvalue weighted by molar-refractivity contribution is 0.139. The summed E-state index contributed by atoms with van der Waals surface area (Å²) in [4.78, 5) is 11.0. The van der Waals surface area contributed by atoms with Crippen molar-refractivity contribution in [2.24, 2.45) is 5.73 Å². The van der Waals surface area contributed by atoms with E-state index in [1.165, 1.54) is 0 Å². The van der Waals surface area contributed by atoms with Gasteiger partial charge in [-0.3, -0.25) is 0 Å². The van der Waals surface area contributed by atoms with E-state index in [4.69, 9.17) is 15.2 Å². The number of ether oxygens (including phenoxy) is 2. The second kappa shape index (κ2) is 8.30. The molecule has 1 atom stereocenters. The maximum atomic E-state index is 11.0. The fourth-order valence-corrected chi connectivity index (χ4v) is 1.97. The minimum Gasteiger partial charge on any atom is -0.439 e. The van der Waals surface area contributed by atoms with Crippen molar-refractivity contribution in [2.75, 3.05) is 26.3 Å². The molecule has 112 valence electrons. The molecule has 0 bridgehead atoms. The molecule has 3 N–H and O–H groups in total. The van der Waals surface area contributed by atoms with Gasteiger partial charge in [0.1, 0.15) is 6.10 Å². The summed E-state index contributed by atoms with van der Waals surface area (Å²) in [5, 5.41) is 2.64. The van der Waals surface area contributed by atoms with Crippen molar-refractivity contribution in [2.45, 2.75) is 18.9 Å². The highest BCUT2D eigenvalue weighted by molar-refractivity contribution is 5.69. The minimum atomic E-state index is -0.369. The maximum Gasteiger partial charge on any atom is 0.407 e. The van der Waals surface area contributed by atoms with Gasteiger partial charge in [-0.25, -0.2) is 4.79 Å². The van der Waals surface area contributed by atoms with Crippen LogP contribution in [0.1, 0.15) is 30.1 Å². The monoisotopic (exact) mass is 288 g/mol. The number of rotatable bonds is 6. The quantitative estimate of drug-likeness (QED) is 0.615. The number of carbonyl (C=O) groups is 1. The van der Waals surface area contributed by atoms with E-state index in [1.807, 2.05) is 24.3 Å². The largest absolute Gasteiger partial charge is 0.439 e. The van der Waals surface area contributed by atoms with Crippen molar-refractivity contribution in [3.63, 3.8) is 0 Å². The van der Waals surface area contributed by atoms with Gasteiger partial charge in [-0.05, 0) is 30.7 Å². The van der Waals surface area contributed by atoms with Crippen molar-refractivity contribution in [1.82, 2.24) is 5.32 Å². The first-order valence-electron chi connectivity index (χ1n) is 7.10. The normalized spacial score (nSPS) is 16.8. The molecule has 2 rings (SSSR count). The lowest BCUT2D eigenvalue weighted by Crippen LogP contribution is -2.12. The van der Waals surface area contributed by atoms with Gasteiger partial charge in [-0.1, -0.05) is 24.0 Å². The minimum absolute atomic E-state index is 0.223. The van der Waals surface area contributed by atoms with E-state index < -0.39 is 0 Å². The number of hydrogen-bond acceptors (Lipinski definition) is 4. The molecule has 21 heavy (non-hydrogen) atoms. The Hall–Kier alpha value is -2.03. The van der Waals surface area contributed by atoms with Gasteiger partial charge in [0.15, 0.2) is 0 Å². The summed E-state index contributed by atoms with van der Waals surface area (Å²) in [5.41, 5.74) is 7.25. The second-order valence-corrected chi connectivity index (χ2v) is 4.71. The Morgan fingerprint density at radius 2 is 2.33 bits per heavy atom. The Labute approximate surface area is 124 Å². The molecule has 1 saturated heterocycles. The summed E-state index contributed by atoms with van der Waals surface area (Å²) in [7, 11) is 0. The van der Waals surface area contributed by atoms with Crippen molar-refractivity contribution in [3.8, 4) is 11.8 Å². The van der Waals surface area contributed by atoms with Gasteiger partial charge in [0, 0.05) is 18.6 Å². The van der Waals surface area contributed by atoms with Gasteiger partial charge in [0.2, 0.25) is 0 Å². The fourth-order valence-electron chi connectivity index (χ4n) is 1.97. The number of hydrogen-bond donors (Lipinski definition) is 2. The van der Waals surface area contributed by atoms with E-state index in [1.54, 1.807) is 0 Å². The zero-order valence-corrected chi connectivity index (χ0v) is 11.9. The Morgan fingerprint density at radius 3 is 3.10 bits per heavy atom. The van der Waals surface area contributed by atoms with Gasteiger partial charge in [0.25, 0.3) is 0 Å². The van der Waals surface area contributed by atoms with E-state index >= 15 is 0 Å². The van der Waals surface area contributed by atoms with Crippen LogP contribution in [-0.2, 0) is 9.47 Å². The number of amides is 1. The molecule has 1 heterocycles. The molecule has 1 aromatic rings. The Morgan fingerprint density at radius 1 is 1.43 bits per heavy atom. The number of alkyl carbamates (subject to hydrolysis) is 1. The highest BCUT2D eigenvalue weighted by atomic mass is 16.6. The second-order valence-electron chi connectivity index (χ2n) is 4.71. The first-order chi connectivity index (χ1) is 10.3. The topological polar surface area (TPSA) is 73.6 Å². The van der Waals surface area contributed by atoms with Gasteiger partial charge in [-0.15, -0.1) is 0 Å². The van der Waals surface area contributed by atoms with E-state index in [9.17, 15) is 4.79 Å². The van der Waals surface area contributed by atoms with Gasteiger partial charge >= 0.3 is 6.09 Å². The third kappa shape index (κ3) is 5.10. The van der Waals surface area contributed by atoms with Crippen molar-refractivity contribution in [1.29, 1.82) is 0 Å². The molecule has 1 aromatic carbocycles. The average molecular weight is 288 g/mol. The SMILES string of the molecule is NCCCOCCC#Cc1cccc([C@H]2CNC(=O)O2)c1. The van der Waals surface area contributed by atoms with Crippen LogP contribution < -0.4 is 11.1 Å². The molecule has 1 fully saturated rings. The predicted octanol–water partition coefficient (Wildman–Crippen LogP) is 1.57. The predicted molar refractivity (Wildman–Crippen MR) is 79.7 cm³/mol. The van der Waals surface area contributed by atoms with Crippen LogP contribution in [0.4, 0.5) is 4.79 Å². The zero-order valence-electron chi connectivity index (χ0n) is 11.9. The van der Waals surface area contributed by atoms with Crippen LogP contribution in [0.2, 0.25) is 0 Å². The standard InChI is InChI=1S/C16H20N2O3/c17-8-4-10-20-9-2-1-5-13-6-3-7-14(11-13)15-12-18-16(19)21-15/h3,6-7,11,15H,2,4,8-10,12,17H2,(H,18,19)/t15-/m1/s1. The van der Waals surface area contributed by atoms with E-state index in [0.717, 1.165) is 17.5 Å². The third-order valence-corrected chi connectivity index (χ3v) is 3.04. The van der Waals surface area contributed by atoms with E-state index in [2.05, 4.69) is 17.2 Å². The molecular weight excluding hydrogens is 268 g/mol. The molecule has 0 spiro atoms. The summed E-state index contributed by atoms with van der Waals surface area (Å²) >= 11 is 0. The number of benzene rings is 1. The Kier molecular flexibility index (Phi) is 6.07. The molecule has 0 saturated carbocycles. The number of nitrogens with one attached hydrogen (secondary N) is 1. The van der Waals surface area contributed by atoms with Crippen LogP contribution in [0.3, 0.4) is 0 Å². The smallest absolute Gasteiger partial charge is 0.407 e. The van der Waals surface area contributed by atoms with Crippen LogP contribution in [0.25, 0.3) is 0 Å². The number of cyclic esters (lactones) is 1. The lowest BCUT2D eigenvalue weighted by atomic mass is 10.1. The first-order valence-corrected chi connectivity index (χ1v) is 7.10. The van der Waals surface area contributed by atoms with E-state index in [0.29, 0.717) is 32.7 Å². The van der Waals surface area contributed by atoms with Crippen molar-refractivity contribution in [3.05, 3.63) is 35.4 Å². The van der Waals surface area contributed by atoms with Crippen LogP contribution in [0.15, 0.2) is 24.3 Å². The van der Waals surface area contributed by atoms with E-state index in [-0.39, 0.29) is 12.2 Å². The summed E-state index contributed by atoms with van der Waals surface area (Å²) < 4.78 is 10.5. The third-order valence-electron chi connectivity index (χ3n) is 3.04. The molecule has 5 nitrogen and oxygen atoms in total. The number of carbonyl (C=O) groups excluding carboxylic acids is 1. The first kappa shape index (κ1) is 15.4. The van der Waals surface area contributed by atoms with Crippen molar-refractivity contribution >= 4 is 6.09 Å². The van der Waals surface area contributed by atoms with Gasteiger partial charge < -0.3 is 20.5 Å². The Bertz CT molecular complexity index is 534. The van der Waals surface area contributed by atoms with Crippen LogP contribution >= 0.6 is 0 Å². The average Bonchev–Trinajstić information content (AvgIpc) is 2.93. The van der Waals surface area contributed by atoms with Crippen LogP contribution in [0, 0.1) is 11.8 Å². The van der Waals surface area contributed by atoms with Crippen LogP contribution in [-0.4, -0.2) is 32.4 Å². The maximum absolute atomic E-state index is 11.0. The summed E-state index contributed by atoms with van der Waals surface area (Å²) in [6, 6.07) is 7.75. The lowest BCUT2D eigenvalue weighted by Gasteiger charge is -2.07.